The zero-order valence-corrected chi connectivity index (χ0v) is 12.4. The number of dihydropyridines is 1. The monoisotopic (exact) mass is 319 g/mol. The molecule has 0 radical (unpaired) electrons. The number of hydrogen-bond donors (Lipinski definition) is 3. The Labute approximate surface area is 127 Å². The molecule has 1 heterocycles. The van der Waals surface area contributed by atoms with Gasteiger partial charge >= 0.3 is 5.97 Å². The van der Waals surface area contributed by atoms with E-state index in [-0.39, 0.29) is 10.5 Å². The molecule has 22 heavy (non-hydrogen) atoms. The highest BCUT2D eigenvalue weighted by Gasteiger charge is 2.39. The van der Waals surface area contributed by atoms with E-state index in [0.29, 0.717) is 5.69 Å². The quantitative estimate of drug-likeness (QED) is 0.752. The molecule has 1 unspecified atom stereocenters. The number of sulfone groups is 1. The molecule has 0 fully saturated rings. The summed E-state index contributed by atoms with van der Waals surface area (Å²) in [7, 11) is -3.41. The number of nitrogens with zero attached hydrogens (tertiary/aromatic N) is 1. The van der Waals surface area contributed by atoms with Crippen LogP contribution in [0.4, 0.5) is 5.69 Å². The summed E-state index contributed by atoms with van der Waals surface area (Å²) in [5.74, 6) is -1.26. The Balaban J connectivity index is 2.44. The van der Waals surface area contributed by atoms with E-state index in [9.17, 15) is 23.6 Å². The first-order valence-electron chi connectivity index (χ1n) is 6.16. The number of carboxylic acid groups (broad SMARTS) is 1. The Morgan fingerprint density at radius 2 is 2.18 bits per heavy atom. The topological polar surface area (TPSA) is 119 Å². The van der Waals surface area contributed by atoms with Crippen LogP contribution in [0.1, 0.15) is 0 Å². The Morgan fingerprint density at radius 1 is 1.45 bits per heavy atom. The molecule has 0 aromatic heterocycles. The van der Waals surface area contributed by atoms with E-state index in [1.54, 1.807) is 6.07 Å². The average molecular weight is 319 g/mol. The van der Waals surface area contributed by atoms with E-state index in [2.05, 4.69) is 10.6 Å². The molecule has 0 spiro atoms. The number of allylic oxidation sites excluding steroid dienone is 2. The van der Waals surface area contributed by atoms with Gasteiger partial charge in [0.15, 0.2) is 9.84 Å². The molecule has 1 aliphatic heterocycles. The number of carbonyl (C=O) groups is 1. The van der Waals surface area contributed by atoms with Crippen molar-refractivity contribution in [2.45, 2.75) is 10.6 Å². The van der Waals surface area contributed by atoms with Crippen LogP contribution in [0.2, 0.25) is 0 Å². The van der Waals surface area contributed by atoms with Crippen LogP contribution in [-0.4, -0.2) is 31.4 Å². The third kappa shape index (κ3) is 2.94. The van der Waals surface area contributed by atoms with Crippen molar-refractivity contribution < 1.29 is 18.3 Å². The lowest BCUT2D eigenvalue weighted by Gasteiger charge is -2.31. The van der Waals surface area contributed by atoms with Gasteiger partial charge < -0.3 is 15.7 Å². The van der Waals surface area contributed by atoms with E-state index in [0.717, 1.165) is 6.26 Å². The van der Waals surface area contributed by atoms with Gasteiger partial charge in [-0.2, -0.15) is 5.26 Å². The standard InChI is InChI=1S/C14H13N3O4S/c1-22(20,21)11-5-2-4-10(8-11)17-14(9-15)12(13(18)19)6-3-7-16-14/h2-8,16-17H,1H3,(H,18,19). The lowest BCUT2D eigenvalue weighted by molar-refractivity contribution is -0.133. The lowest BCUT2D eigenvalue weighted by atomic mass is 9.97. The molecular weight excluding hydrogens is 306 g/mol. The molecule has 1 aromatic carbocycles. The van der Waals surface area contributed by atoms with Gasteiger partial charge in [-0.05, 0) is 36.6 Å². The summed E-state index contributed by atoms with van der Waals surface area (Å²) in [5, 5.41) is 24.1. The van der Waals surface area contributed by atoms with Gasteiger partial charge in [0.2, 0.25) is 5.66 Å². The molecule has 3 N–H and O–H groups in total. The van der Waals surface area contributed by atoms with Crippen molar-refractivity contribution in [3.63, 3.8) is 0 Å². The second-order valence-corrected chi connectivity index (χ2v) is 6.69. The van der Waals surface area contributed by atoms with Gasteiger partial charge in [0.1, 0.15) is 6.07 Å². The molecule has 7 nitrogen and oxygen atoms in total. The van der Waals surface area contributed by atoms with Crippen molar-refractivity contribution in [2.24, 2.45) is 0 Å². The van der Waals surface area contributed by atoms with Gasteiger partial charge in [0.25, 0.3) is 0 Å². The van der Waals surface area contributed by atoms with E-state index in [1.807, 2.05) is 6.07 Å². The van der Waals surface area contributed by atoms with E-state index in [4.69, 9.17) is 0 Å². The number of rotatable bonds is 4. The van der Waals surface area contributed by atoms with Crippen LogP contribution in [-0.2, 0) is 14.6 Å². The largest absolute Gasteiger partial charge is 0.478 e. The summed E-state index contributed by atoms with van der Waals surface area (Å²) < 4.78 is 23.1. The Bertz CT molecular complexity index is 821. The maximum atomic E-state index is 11.6. The van der Waals surface area contributed by atoms with Crippen molar-refractivity contribution >= 4 is 21.5 Å². The summed E-state index contributed by atoms with van der Waals surface area (Å²) in [6, 6.07) is 7.70. The van der Waals surface area contributed by atoms with Crippen LogP contribution in [0.5, 0.6) is 0 Å². The van der Waals surface area contributed by atoms with Crippen molar-refractivity contribution in [3.05, 3.63) is 48.2 Å². The lowest BCUT2D eigenvalue weighted by Crippen LogP contribution is -2.53. The molecule has 2 rings (SSSR count). The number of benzene rings is 1. The molecule has 0 aliphatic carbocycles. The highest BCUT2D eigenvalue weighted by molar-refractivity contribution is 7.90. The van der Waals surface area contributed by atoms with Crippen molar-refractivity contribution in [3.8, 4) is 6.07 Å². The van der Waals surface area contributed by atoms with Gasteiger partial charge in [-0.1, -0.05) is 6.07 Å². The fourth-order valence-corrected chi connectivity index (χ4v) is 2.66. The maximum Gasteiger partial charge on any atom is 0.337 e. The predicted molar refractivity (Wildman–Crippen MR) is 79.5 cm³/mol. The normalized spacial score (nSPS) is 20.5. The number of aliphatic carboxylic acids is 1. The summed E-state index contributed by atoms with van der Waals surface area (Å²) in [6.45, 7) is 0. The van der Waals surface area contributed by atoms with Gasteiger partial charge in [0, 0.05) is 11.9 Å². The van der Waals surface area contributed by atoms with Crippen LogP contribution in [0.15, 0.2) is 53.1 Å². The van der Waals surface area contributed by atoms with Gasteiger partial charge in [-0.25, -0.2) is 13.2 Å². The SMILES string of the molecule is CS(=O)(=O)c1cccc(NC2(C#N)NC=CC=C2C(=O)O)c1. The van der Waals surface area contributed by atoms with E-state index >= 15 is 0 Å². The first kappa shape index (κ1) is 15.6. The van der Waals surface area contributed by atoms with Crippen LogP contribution < -0.4 is 10.6 Å². The first-order valence-corrected chi connectivity index (χ1v) is 8.05. The van der Waals surface area contributed by atoms with E-state index < -0.39 is 21.5 Å². The molecule has 0 saturated carbocycles. The van der Waals surface area contributed by atoms with Crippen LogP contribution in [0.3, 0.4) is 0 Å². The average Bonchev–Trinajstić information content (AvgIpc) is 2.47. The zero-order chi connectivity index (χ0) is 16.4. The van der Waals surface area contributed by atoms with Gasteiger partial charge in [-0.15, -0.1) is 0 Å². The second kappa shape index (κ2) is 5.54. The zero-order valence-electron chi connectivity index (χ0n) is 11.6. The van der Waals surface area contributed by atoms with Crippen molar-refractivity contribution in [2.75, 3.05) is 11.6 Å². The molecule has 0 saturated heterocycles. The minimum atomic E-state index is -3.41. The van der Waals surface area contributed by atoms with Gasteiger partial charge in [-0.3, -0.25) is 0 Å². The number of hydrogen-bond acceptors (Lipinski definition) is 6. The molecular formula is C14H13N3O4S. The number of anilines is 1. The van der Waals surface area contributed by atoms with Crippen LogP contribution >= 0.6 is 0 Å². The van der Waals surface area contributed by atoms with E-state index in [1.165, 1.54) is 36.6 Å². The van der Waals surface area contributed by atoms with Crippen LogP contribution in [0, 0.1) is 11.3 Å². The minimum absolute atomic E-state index is 0.0674. The number of nitrogens with one attached hydrogen (secondary N) is 2. The third-order valence-corrected chi connectivity index (χ3v) is 4.17. The number of carboxylic acids is 1. The molecule has 114 valence electrons. The van der Waals surface area contributed by atoms with Crippen LogP contribution in [0.25, 0.3) is 0 Å². The second-order valence-electron chi connectivity index (χ2n) is 4.68. The fourth-order valence-electron chi connectivity index (χ4n) is 2.00. The Morgan fingerprint density at radius 3 is 2.77 bits per heavy atom. The molecule has 1 aromatic rings. The summed E-state index contributed by atoms with van der Waals surface area (Å²) in [6.07, 6.45) is 5.27. The maximum absolute atomic E-state index is 11.6. The summed E-state index contributed by atoms with van der Waals surface area (Å²) >= 11 is 0. The molecule has 8 heteroatoms. The smallest absolute Gasteiger partial charge is 0.337 e. The summed E-state index contributed by atoms with van der Waals surface area (Å²) in [4.78, 5) is 11.4. The fraction of sp³-hybridized carbons (Fsp3) is 0.143. The molecule has 1 aliphatic rings. The molecule has 1 atom stereocenters. The third-order valence-electron chi connectivity index (χ3n) is 3.06. The number of nitriles is 1. The Hall–Kier alpha value is -2.79. The summed E-state index contributed by atoms with van der Waals surface area (Å²) in [5.41, 5.74) is -1.57. The Kier molecular flexibility index (Phi) is 3.93. The van der Waals surface area contributed by atoms with Crippen molar-refractivity contribution in [1.29, 1.82) is 5.26 Å². The minimum Gasteiger partial charge on any atom is -0.478 e. The predicted octanol–water partition coefficient (Wildman–Crippen LogP) is 0.850. The molecule has 0 amide bonds. The first-order chi connectivity index (χ1) is 10.3. The van der Waals surface area contributed by atoms with Gasteiger partial charge in [0.05, 0.1) is 10.5 Å². The van der Waals surface area contributed by atoms with Crippen molar-refractivity contribution in [1.82, 2.24) is 5.32 Å². The molecule has 0 bridgehead atoms. The highest BCUT2D eigenvalue weighted by Crippen LogP contribution is 2.25. The highest BCUT2D eigenvalue weighted by atomic mass is 32.2.